The van der Waals surface area contributed by atoms with Crippen LogP contribution in [0, 0.1) is 6.92 Å². The van der Waals surface area contributed by atoms with Crippen molar-refractivity contribution in [3.05, 3.63) is 224 Å². The summed E-state index contributed by atoms with van der Waals surface area (Å²) in [5.74, 6) is 0. The predicted molar refractivity (Wildman–Crippen MR) is 224 cm³/mol. The molecule has 0 heterocycles. The Bertz CT molecular complexity index is 2750. The summed E-state index contributed by atoms with van der Waals surface area (Å²) < 4.78 is 0. The van der Waals surface area contributed by atoms with Crippen molar-refractivity contribution in [1.82, 2.24) is 0 Å². The Balaban J connectivity index is 0.863. The summed E-state index contributed by atoms with van der Waals surface area (Å²) in [6.07, 6.45) is 27.7. The van der Waals surface area contributed by atoms with Gasteiger partial charge in [0.05, 0.1) is 0 Å². The van der Waals surface area contributed by atoms with Crippen LogP contribution >= 0.6 is 0 Å². The van der Waals surface area contributed by atoms with E-state index in [4.69, 9.17) is 0 Å². The van der Waals surface area contributed by atoms with E-state index in [0.717, 1.165) is 38.5 Å². The van der Waals surface area contributed by atoms with Crippen molar-refractivity contribution < 1.29 is 0 Å². The molecule has 0 N–H and O–H groups in total. The van der Waals surface area contributed by atoms with Gasteiger partial charge < -0.3 is 0 Å². The van der Waals surface area contributed by atoms with Gasteiger partial charge in [-0.15, -0.1) is 0 Å². The summed E-state index contributed by atoms with van der Waals surface area (Å²) in [5, 5.41) is 2.60. The van der Waals surface area contributed by atoms with Crippen LogP contribution in [-0.2, 0) is 12.8 Å². The average Bonchev–Trinajstić information content (AvgIpc) is 3.61. The van der Waals surface area contributed by atoms with E-state index >= 15 is 0 Å². The molecule has 53 heavy (non-hydrogen) atoms. The van der Waals surface area contributed by atoms with E-state index in [1.165, 1.54) is 117 Å². The molecule has 252 valence electrons. The zero-order valence-corrected chi connectivity index (χ0v) is 30.2. The first kappa shape index (κ1) is 30.6. The molecule has 5 aromatic carbocycles. The molecule has 5 aromatic rings. The van der Waals surface area contributed by atoms with E-state index in [9.17, 15) is 0 Å². The van der Waals surface area contributed by atoms with Crippen molar-refractivity contribution in [3.63, 3.8) is 0 Å². The lowest BCUT2D eigenvalue weighted by atomic mass is 9.95. The molecule has 6 aliphatic carbocycles. The van der Waals surface area contributed by atoms with Gasteiger partial charge >= 0.3 is 0 Å². The third-order valence-corrected chi connectivity index (χ3v) is 12.4. The smallest absolute Gasteiger partial charge is 0.00131 e. The van der Waals surface area contributed by atoms with Gasteiger partial charge in [0.25, 0.3) is 0 Å². The van der Waals surface area contributed by atoms with Gasteiger partial charge in [0, 0.05) is 0 Å². The SMILES string of the molecule is Cc1ccc2c(c1)Cc1cc(-c3ccc4c(c3)CC3=C4CC=CC(C4=CC5=C(C=CC4)C4=CC=C(c6ccc7ccccc7c6)CC=C4C5)=C3)ccc1-2. The number of hydrogen-bond donors (Lipinski definition) is 0. The minimum Gasteiger partial charge on any atom is -0.0795 e. The Morgan fingerprint density at radius 1 is 0.491 bits per heavy atom. The van der Waals surface area contributed by atoms with Gasteiger partial charge in [0.2, 0.25) is 0 Å². The Morgan fingerprint density at radius 3 is 2.13 bits per heavy atom. The van der Waals surface area contributed by atoms with E-state index in [0.29, 0.717) is 0 Å². The highest BCUT2D eigenvalue weighted by Crippen LogP contribution is 2.45. The lowest BCUT2D eigenvalue weighted by Crippen LogP contribution is -1.91. The molecule has 0 unspecified atom stereocenters. The van der Waals surface area contributed by atoms with Crippen LogP contribution in [0.4, 0.5) is 0 Å². The van der Waals surface area contributed by atoms with Crippen LogP contribution in [0.2, 0.25) is 0 Å². The van der Waals surface area contributed by atoms with Gasteiger partial charge in [0.1, 0.15) is 0 Å². The van der Waals surface area contributed by atoms with Crippen LogP contribution in [0.5, 0.6) is 0 Å². The molecule has 0 amide bonds. The molecule has 0 bridgehead atoms. The number of fused-ring (bicyclic) bond motifs is 8. The fourth-order valence-electron chi connectivity index (χ4n) is 9.64. The molecule has 0 radical (unpaired) electrons. The molecule has 0 fully saturated rings. The second-order valence-electron chi connectivity index (χ2n) is 15.6. The minimum atomic E-state index is 0.954. The fraction of sp³-hybridized carbons (Fsp3) is 0.132. The van der Waals surface area contributed by atoms with Gasteiger partial charge in [-0.25, -0.2) is 0 Å². The summed E-state index contributed by atoms with van der Waals surface area (Å²) in [7, 11) is 0. The lowest BCUT2D eigenvalue weighted by molar-refractivity contribution is 1.18. The van der Waals surface area contributed by atoms with Crippen LogP contribution in [0.25, 0.3) is 44.2 Å². The van der Waals surface area contributed by atoms with Crippen LogP contribution in [0.1, 0.15) is 59.1 Å². The maximum atomic E-state index is 2.51. The highest BCUT2D eigenvalue weighted by molar-refractivity contribution is 5.88. The second kappa shape index (κ2) is 12.0. The monoisotopic (exact) mass is 676 g/mol. The molecule has 0 aliphatic heterocycles. The lowest BCUT2D eigenvalue weighted by Gasteiger charge is -2.10. The molecule has 0 spiro atoms. The normalized spacial score (nSPS) is 18.1. The molecule has 11 rings (SSSR count). The van der Waals surface area contributed by atoms with E-state index in [1.54, 1.807) is 0 Å². The molecule has 0 saturated carbocycles. The second-order valence-corrected chi connectivity index (χ2v) is 15.6. The summed E-state index contributed by atoms with van der Waals surface area (Å²) >= 11 is 0. The maximum absolute atomic E-state index is 2.51. The first-order valence-corrected chi connectivity index (χ1v) is 19.3. The summed E-state index contributed by atoms with van der Waals surface area (Å²) in [4.78, 5) is 0. The standard InChI is InChI=1S/C53H40/c1-33-12-20-51-43(24-33)31-46-28-41(19-23-53(46)51)40-18-22-52-47(29-40)32-45-27-38(9-5-11-49(45)52)37-8-4-10-48-44(26-37)30-42-16-14-35(17-21-50(42)48)39-15-13-34-6-2-3-7-36(34)25-39/h2-7,9-10,12-13,15-29H,8,11,14,30-32H2,1H3. The van der Waals surface area contributed by atoms with Crippen molar-refractivity contribution >= 4 is 21.9 Å². The number of rotatable bonds is 3. The first-order valence-electron chi connectivity index (χ1n) is 19.3. The Morgan fingerprint density at radius 2 is 1.25 bits per heavy atom. The summed E-state index contributed by atoms with van der Waals surface area (Å²) in [6.45, 7) is 2.19. The molecule has 0 saturated heterocycles. The molecule has 0 aromatic heterocycles. The van der Waals surface area contributed by atoms with Gasteiger partial charge in [-0.1, -0.05) is 151 Å². The molecule has 0 heteroatoms. The fourth-order valence-corrected chi connectivity index (χ4v) is 9.64. The molecule has 6 aliphatic rings. The van der Waals surface area contributed by atoms with E-state index in [-0.39, 0.29) is 0 Å². The van der Waals surface area contributed by atoms with Crippen LogP contribution in [-0.4, -0.2) is 0 Å². The third kappa shape index (κ3) is 5.19. The Hall–Kier alpha value is -5.98. The number of aryl methyl sites for hydroxylation is 1. The number of hydrogen-bond acceptors (Lipinski definition) is 0. The molecule has 0 nitrogen and oxygen atoms in total. The summed E-state index contributed by atoms with van der Waals surface area (Å²) in [5.41, 5.74) is 26.8. The Kier molecular flexibility index (Phi) is 6.96. The van der Waals surface area contributed by atoms with E-state index in [1.807, 2.05) is 0 Å². The Labute approximate surface area is 312 Å². The summed E-state index contributed by atoms with van der Waals surface area (Å²) in [6, 6.07) is 36.7. The maximum Gasteiger partial charge on any atom is -0.00131 e. The third-order valence-electron chi connectivity index (χ3n) is 12.4. The van der Waals surface area contributed by atoms with Crippen molar-refractivity contribution in [2.45, 2.75) is 45.4 Å². The van der Waals surface area contributed by atoms with Crippen LogP contribution in [0.3, 0.4) is 0 Å². The van der Waals surface area contributed by atoms with E-state index < -0.39 is 0 Å². The zero-order valence-electron chi connectivity index (χ0n) is 30.2. The molecular weight excluding hydrogens is 637 g/mol. The average molecular weight is 677 g/mol. The number of allylic oxidation sites excluding steroid dienone is 18. The quantitative estimate of drug-likeness (QED) is 0.175. The van der Waals surface area contributed by atoms with Crippen molar-refractivity contribution in [2.24, 2.45) is 0 Å². The van der Waals surface area contributed by atoms with E-state index in [2.05, 4.69) is 159 Å². The minimum absolute atomic E-state index is 0.954. The highest BCUT2D eigenvalue weighted by atomic mass is 14.3. The largest absolute Gasteiger partial charge is 0.0795 e. The van der Waals surface area contributed by atoms with Crippen molar-refractivity contribution in [3.8, 4) is 22.3 Å². The predicted octanol–water partition coefficient (Wildman–Crippen LogP) is 13.5. The first-order chi connectivity index (χ1) is 26.1. The zero-order chi connectivity index (χ0) is 35.0. The topological polar surface area (TPSA) is 0 Å². The van der Waals surface area contributed by atoms with Crippen molar-refractivity contribution in [1.29, 1.82) is 0 Å². The molecule has 0 atom stereocenters. The van der Waals surface area contributed by atoms with Crippen LogP contribution < -0.4 is 0 Å². The van der Waals surface area contributed by atoms with Gasteiger partial charge in [0.15, 0.2) is 0 Å². The van der Waals surface area contributed by atoms with Gasteiger partial charge in [-0.05, 0) is 163 Å². The highest BCUT2D eigenvalue weighted by Gasteiger charge is 2.26. The van der Waals surface area contributed by atoms with Gasteiger partial charge in [-0.2, -0.15) is 0 Å². The van der Waals surface area contributed by atoms with Crippen molar-refractivity contribution in [2.75, 3.05) is 0 Å². The number of benzene rings is 5. The van der Waals surface area contributed by atoms with Crippen LogP contribution in [0.15, 0.2) is 191 Å². The van der Waals surface area contributed by atoms with Gasteiger partial charge in [-0.3, -0.25) is 0 Å². The molecular formula is C53H40.